The molecule has 3 saturated heterocycles. The number of piperazine rings is 1. The minimum atomic E-state index is -0.592. The first-order valence-corrected chi connectivity index (χ1v) is 9.52. The van der Waals surface area contributed by atoms with E-state index < -0.39 is 6.04 Å². The molecule has 0 radical (unpaired) electrons. The Morgan fingerprint density at radius 1 is 1.46 bits per heavy atom. The smallest absolute Gasteiger partial charge is 0.332 e. The highest BCUT2D eigenvalue weighted by molar-refractivity contribution is 7.80. The third-order valence-corrected chi connectivity index (χ3v) is 6.45. The van der Waals surface area contributed by atoms with Gasteiger partial charge in [0, 0.05) is 6.54 Å². The number of anilines is 1. The molecule has 3 heterocycles. The number of likely N-dealkylation sites (tertiary alicyclic amines) is 1. The number of carbonyl (C=O) groups excluding carboxylic acids is 2. The summed E-state index contributed by atoms with van der Waals surface area (Å²) < 4.78 is 0. The van der Waals surface area contributed by atoms with Crippen molar-refractivity contribution >= 4 is 46.6 Å². The number of halogens is 1. The number of imide groups is 1. The standard InChI is InChI=1S/C19H16ClN5O2S/c1-3-6-22-18(28)23-9-12-7-14(23)16-17(26)25(19(27)24(12)16)13-5-4-11(8-21)15(20)10(13)2/h1,4-5,12,14,16H,6-7,9H2,2H3,(H,22,28)/t12-,14?,16-/m1/s1. The van der Waals surface area contributed by atoms with Crippen molar-refractivity contribution in [1.82, 2.24) is 15.1 Å². The molecule has 4 rings (SSSR count). The number of carbonyl (C=O) groups is 2. The van der Waals surface area contributed by atoms with E-state index >= 15 is 0 Å². The van der Waals surface area contributed by atoms with Crippen molar-refractivity contribution in [2.45, 2.75) is 31.5 Å². The summed E-state index contributed by atoms with van der Waals surface area (Å²) >= 11 is 11.6. The highest BCUT2D eigenvalue weighted by Gasteiger charge is 2.62. The van der Waals surface area contributed by atoms with Crippen LogP contribution in [0, 0.1) is 30.6 Å². The minimum absolute atomic E-state index is 0.0869. The first kappa shape index (κ1) is 18.5. The lowest BCUT2D eigenvalue weighted by Crippen LogP contribution is -2.56. The Kier molecular flexibility index (Phi) is 4.41. The summed E-state index contributed by atoms with van der Waals surface area (Å²) in [5.41, 5.74) is 1.24. The summed E-state index contributed by atoms with van der Waals surface area (Å²) in [5.74, 6) is 2.18. The van der Waals surface area contributed by atoms with Gasteiger partial charge < -0.3 is 15.1 Å². The Hall–Kier alpha value is -2.81. The number of nitrogens with one attached hydrogen (secondary N) is 1. The maximum absolute atomic E-state index is 13.2. The molecule has 1 aromatic rings. The number of nitriles is 1. The molecule has 0 aromatic heterocycles. The maximum Gasteiger partial charge on any atom is 0.332 e. The van der Waals surface area contributed by atoms with Crippen molar-refractivity contribution < 1.29 is 9.59 Å². The second-order valence-corrected chi connectivity index (χ2v) is 7.73. The molecule has 1 unspecified atom stereocenters. The van der Waals surface area contributed by atoms with Gasteiger partial charge in [-0.1, -0.05) is 17.5 Å². The molecule has 1 N–H and O–H groups in total. The normalized spacial score (nSPS) is 25.0. The van der Waals surface area contributed by atoms with E-state index in [0.29, 0.717) is 41.4 Å². The van der Waals surface area contributed by atoms with Crippen molar-refractivity contribution in [2.24, 2.45) is 0 Å². The van der Waals surface area contributed by atoms with Crippen LogP contribution in [0.5, 0.6) is 0 Å². The topological polar surface area (TPSA) is 79.7 Å². The number of nitrogens with zero attached hydrogens (tertiary/aromatic N) is 4. The first-order valence-electron chi connectivity index (χ1n) is 8.74. The summed E-state index contributed by atoms with van der Waals surface area (Å²) in [5, 5.41) is 12.9. The minimum Gasteiger partial charge on any atom is -0.352 e. The molecule has 2 bridgehead atoms. The number of rotatable bonds is 2. The Morgan fingerprint density at radius 3 is 2.89 bits per heavy atom. The number of fused-ring (bicyclic) bond motifs is 5. The van der Waals surface area contributed by atoms with Crippen LogP contribution in [0.1, 0.15) is 17.5 Å². The molecule has 1 aromatic carbocycles. The van der Waals surface area contributed by atoms with Crippen LogP contribution in [0.2, 0.25) is 5.02 Å². The van der Waals surface area contributed by atoms with E-state index in [1.165, 1.54) is 11.0 Å². The summed E-state index contributed by atoms with van der Waals surface area (Å²) in [6, 6.07) is 3.90. The molecule has 0 aliphatic carbocycles. The quantitative estimate of drug-likeness (QED) is 0.451. The van der Waals surface area contributed by atoms with Gasteiger partial charge in [-0.2, -0.15) is 5.26 Å². The molecule has 28 heavy (non-hydrogen) atoms. The fourth-order valence-electron chi connectivity index (χ4n) is 4.34. The van der Waals surface area contributed by atoms with Crippen molar-refractivity contribution in [1.29, 1.82) is 5.26 Å². The summed E-state index contributed by atoms with van der Waals surface area (Å²) in [4.78, 5) is 31.1. The van der Waals surface area contributed by atoms with Gasteiger partial charge in [-0.3, -0.25) is 4.79 Å². The van der Waals surface area contributed by atoms with Crippen molar-refractivity contribution in [3.63, 3.8) is 0 Å². The third-order valence-electron chi connectivity index (χ3n) is 5.59. The van der Waals surface area contributed by atoms with Gasteiger partial charge in [0.2, 0.25) is 0 Å². The number of terminal acetylenes is 1. The monoisotopic (exact) mass is 413 g/mol. The van der Waals surface area contributed by atoms with Crippen LogP contribution in [0.3, 0.4) is 0 Å². The molecule has 3 fully saturated rings. The lowest BCUT2D eigenvalue weighted by atomic mass is 10.1. The number of hydrogen-bond acceptors (Lipinski definition) is 4. The van der Waals surface area contributed by atoms with Crippen LogP contribution in [0.15, 0.2) is 12.1 Å². The van der Waals surface area contributed by atoms with Crippen LogP contribution >= 0.6 is 23.8 Å². The van der Waals surface area contributed by atoms with E-state index in [2.05, 4.69) is 11.2 Å². The van der Waals surface area contributed by atoms with E-state index in [4.69, 9.17) is 35.5 Å². The zero-order valence-corrected chi connectivity index (χ0v) is 16.5. The second-order valence-electron chi connectivity index (χ2n) is 6.96. The summed E-state index contributed by atoms with van der Waals surface area (Å²) in [6.45, 7) is 2.57. The van der Waals surface area contributed by atoms with Gasteiger partial charge in [0.1, 0.15) is 12.1 Å². The van der Waals surface area contributed by atoms with Crippen LogP contribution in [-0.2, 0) is 4.79 Å². The van der Waals surface area contributed by atoms with E-state index in [1.807, 2.05) is 11.0 Å². The van der Waals surface area contributed by atoms with Crippen molar-refractivity contribution in [3.05, 3.63) is 28.3 Å². The molecule has 0 saturated carbocycles. The number of amides is 3. The number of urea groups is 1. The molecular weight excluding hydrogens is 398 g/mol. The van der Waals surface area contributed by atoms with Gasteiger partial charge in [-0.05, 0) is 43.3 Å². The van der Waals surface area contributed by atoms with Gasteiger partial charge in [-0.15, -0.1) is 6.42 Å². The Labute approximate surface area is 172 Å². The van der Waals surface area contributed by atoms with Crippen LogP contribution < -0.4 is 10.2 Å². The number of hydrogen-bond donors (Lipinski definition) is 1. The SMILES string of the molecule is C#CCNC(=S)N1C[C@H]2CC1[C@@H]1C(=O)N(c3ccc(C#N)c(Cl)c3C)C(=O)N21. The fraction of sp³-hybridized carbons (Fsp3) is 0.368. The lowest BCUT2D eigenvalue weighted by Gasteiger charge is -2.36. The molecule has 3 amide bonds. The average Bonchev–Trinajstić information content (AvgIpc) is 3.34. The Balaban J connectivity index is 1.65. The predicted octanol–water partition coefficient (Wildman–Crippen LogP) is 1.62. The van der Waals surface area contributed by atoms with Gasteiger partial charge in [-0.25, -0.2) is 9.69 Å². The van der Waals surface area contributed by atoms with Crippen molar-refractivity contribution in [3.8, 4) is 18.4 Å². The van der Waals surface area contributed by atoms with E-state index in [9.17, 15) is 9.59 Å². The Bertz CT molecular complexity index is 997. The van der Waals surface area contributed by atoms with Crippen LogP contribution in [-0.4, -0.2) is 58.1 Å². The van der Waals surface area contributed by atoms with E-state index in [-0.39, 0.29) is 29.0 Å². The molecule has 0 spiro atoms. The van der Waals surface area contributed by atoms with Crippen molar-refractivity contribution in [2.75, 3.05) is 18.0 Å². The van der Waals surface area contributed by atoms with Gasteiger partial charge in [0.25, 0.3) is 5.91 Å². The Morgan fingerprint density at radius 2 is 2.21 bits per heavy atom. The molecule has 3 aliphatic rings. The number of thiocarbonyl (C=S) groups is 1. The zero-order chi connectivity index (χ0) is 20.2. The molecule has 7 nitrogen and oxygen atoms in total. The highest BCUT2D eigenvalue weighted by Crippen LogP contribution is 2.43. The average molecular weight is 414 g/mol. The molecule has 9 heteroatoms. The summed E-state index contributed by atoms with van der Waals surface area (Å²) in [6.07, 6.45) is 5.97. The van der Waals surface area contributed by atoms with Crippen LogP contribution in [0.4, 0.5) is 10.5 Å². The van der Waals surface area contributed by atoms with Crippen LogP contribution in [0.25, 0.3) is 0 Å². The summed E-state index contributed by atoms with van der Waals surface area (Å²) in [7, 11) is 0. The van der Waals surface area contributed by atoms with E-state index in [0.717, 1.165) is 0 Å². The highest BCUT2D eigenvalue weighted by atomic mass is 35.5. The largest absolute Gasteiger partial charge is 0.352 e. The number of benzene rings is 1. The maximum atomic E-state index is 13.2. The molecule has 3 aliphatic heterocycles. The first-order chi connectivity index (χ1) is 13.4. The molecule has 142 valence electrons. The van der Waals surface area contributed by atoms with Gasteiger partial charge in [0.05, 0.1) is 34.9 Å². The molecule has 3 atom stereocenters. The second kappa shape index (κ2) is 6.66. The molecular formula is C19H16ClN5O2S. The fourth-order valence-corrected chi connectivity index (χ4v) is 4.83. The zero-order valence-electron chi connectivity index (χ0n) is 15.0. The third kappa shape index (κ3) is 2.46. The lowest BCUT2D eigenvalue weighted by molar-refractivity contribution is -0.120. The predicted molar refractivity (Wildman–Crippen MR) is 108 cm³/mol. The van der Waals surface area contributed by atoms with Gasteiger partial charge in [0.15, 0.2) is 5.11 Å². The van der Waals surface area contributed by atoms with E-state index in [1.54, 1.807) is 17.9 Å². The van der Waals surface area contributed by atoms with Gasteiger partial charge >= 0.3 is 6.03 Å².